The van der Waals surface area contributed by atoms with E-state index in [-0.39, 0.29) is 0 Å². The van der Waals surface area contributed by atoms with Crippen LogP contribution in [-0.4, -0.2) is 11.5 Å². The van der Waals surface area contributed by atoms with Crippen molar-refractivity contribution in [2.75, 3.05) is 6.54 Å². The maximum Gasteiger partial charge on any atom is 0.132 e. The van der Waals surface area contributed by atoms with Gasteiger partial charge in [0.2, 0.25) is 0 Å². The lowest BCUT2D eigenvalue weighted by Crippen LogP contribution is -1.99. The van der Waals surface area contributed by atoms with Gasteiger partial charge in [0.05, 0.1) is 0 Å². The normalized spacial score (nSPS) is 10.4. The predicted molar refractivity (Wildman–Crippen MR) is 56.0 cm³/mol. The van der Waals surface area contributed by atoms with Crippen LogP contribution in [0.25, 0.3) is 0 Å². The molecule has 0 atom stereocenters. The first-order valence-corrected chi connectivity index (χ1v) is 4.94. The molecule has 0 aliphatic carbocycles. The number of aryl methyl sites for hydroxylation is 2. The monoisotopic (exact) mass is 198 g/mol. The summed E-state index contributed by atoms with van der Waals surface area (Å²) in [6.07, 6.45) is 3.11. The van der Waals surface area contributed by atoms with E-state index in [1.165, 1.54) is 0 Å². The molecule has 2 nitrogen and oxygen atoms in total. The van der Waals surface area contributed by atoms with Crippen molar-refractivity contribution in [1.29, 1.82) is 0 Å². The first kappa shape index (κ1) is 10.5. The van der Waals surface area contributed by atoms with Gasteiger partial charge in [-0.3, -0.25) is 0 Å². The molecule has 0 fully saturated rings. The molecule has 1 aromatic heterocycles. The Kier molecular flexibility index (Phi) is 4.19. The number of rotatable bonds is 4. The van der Waals surface area contributed by atoms with Gasteiger partial charge in [0, 0.05) is 5.69 Å². The van der Waals surface area contributed by atoms with Crippen molar-refractivity contribution >= 4 is 11.6 Å². The van der Waals surface area contributed by atoms with Gasteiger partial charge in [-0.15, -0.1) is 0 Å². The lowest BCUT2D eigenvalue weighted by molar-refractivity contribution is 0.742. The molecule has 1 aromatic rings. The summed E-state index contributed by atoms with van der Waals surface area (Å²) in [4.78, 5) is 4.19. The van der Waals surface area contributed by atoms with E-state index in [1.54, 1.807) is 0 Å². The summed E-state index contributed by atoms with van der Waals surface area (Å²) >= 11 is 5.97. The van der Waals surface area contributed by atoms with Crippen molar-refractivity contribution in [2.45, 2.75) is 26.2 Å². The summed E-state index contributed by atoms with van der Waals surface area (Å²) in [5.41, 5.74) is 7.50. The third kappa shape index (κ3) is 3.33. The molecule has 0 spiro atoms. The number of nitrogens with two attached hydrogens (primary N) is 1. The third-order valence-corrected chi connectivity index (χ3v) is 2.29. The highest BCUT2D eigenvalue weighted by molar-refractivity contribution is 6.30. The van der Waals surface area contributed by atoms with Crippen LogP contribution in [0.1, 0.15) is 24.1 Å². The Bertz CT molecular complexity index is 274. The Labute approximate surface area is 84.1 Å². The molecule has 0 bridgehead atoms. The molecule has 3 heteroatoms. The van der Waals surface area contributed by atoms with E-state index in [4.69, 9.17) is 17.3 Å². The topological polar surface area (TPSA) is 38.9 Å². The summed E-state index contributed by atoms with van der Waals surface area (Å²) in [6, 6.07) is 4.03. The molecule has 0 aliphatic rings. The average molecular weight is 199 g/mol. The van der Waals surface area contributed by atoms with Crippen LogP contribution in [0.5, 0.6) is 0 Å². The molecule has 0 aromatic carbocycles. The Morgan fingerprint density at radius 2 is 2.15 bits per heavy atom. The maximum atomic E-state index is 5.97. The zero-order valence-corrected chi connectivity index (χ0v) is 8.64. The summed E-state index contributed by atoms with van der Waals surface area (Å²) in [7, 11) is 0. The Morgan fingerprint density at radius 3 is 2.77 bits per heavy atom. The first-order chi connectivity index (χ1) is 6.24. The quantitative estimate of drug-likeness (QED) is 0.596. The van der Waals surface area contributed by atoms with Gasteiger partial charge in [-0.2, -0.15) is 0 Å². The second-order valence-electron chi connectivity index (χ2n) is 3.15. The Hall–Kier alpha value is -0.600. The molecule has 0 unspecified atom stereocenters. The molecular formula is C10H15ClN2. The highest BCUT2D eigenvalue weighted by Gasteiger charge is 2.00. The summed E-state index contributed by atoms with van der Waals surface area (Å²) in [5, 5.41) is 0.636. The van der Waals surface area contributed by atoms with Gasteiger partial charge in [-0.05, 0) is 44.4 Å². The number of hydrogen-bond donors (Lipinski definition) is 1. The predicted octanol–water partition coefficient (Wildman–Crippen LogP) is 2.32. The second kappa shape index (κ2) is 5.20. The molecule has 0 saturated carbocycles. The summed E-state index contributed by atoms with van der Waals surface area (Å²) in [5.74, 6) is 0. The van der Waals surface area contributed by atoms with E-state index in [2.05, 4.69) is 4.98 Å². The maximum absolute atomic E-state index is 5.97. The average Bonchev–Trinajstić information content (AvgIpc) is 2.09. The lowest BCUT2D eigenvalue weighted by atomic mass is 10.1. The van der Waals surface area contributed by atoms with Crippen LogP contribution in [0.3, 0.4) is 0 Å². The molecule has 72 valence electrons. The number of aromatic nitrogens is 1. The van der Waals surface area contributed by atoms with Crippen LogP contribution >= 0.6 is 11.6 Å². The molecule has 13 heavy (non-hydrogen) atoms. The lowest BCUT2D eigenvalue weighted by Gasteiger charge is -2.03. The van der Waals surface area contributed by atoms with Gasteiger partial charge >= 0.3 is 0 Å². The van der Waals surface area contributed by atoms with Gasteiger partial charge in [0.15, 0.2) is 0 Å². The molecule has 0 radical (unpaired) electrons. The first-order valence-electron chi connectivity index (χ1n) is 4.56. The third-order valence-electron chi connectivity index (χ3n) is 1.97. The fourth-order valence-electron chi connectivity index (χ4n) is 1.20. The van der Waals surface area contributed by atoms with E-state index >= 15 is 0 Å². The molecular weight excluding hydrogens is 184 g/mol. The van der Waals surface area contributed by atoms with Crippen molar-refractivity contribution in [2.24, 2.45) is 5.73 Å². The van der Waals surface area contributed by atoms with Crippen LogP contribution < -0.4 is 5.73 Å². The second-order valence-corrected chi connectivity index (χ2v) is 3.51. The zero-order valence-electron chi connectivity index (χ0n) is 7.89. The van der Waals surface area contributed by atoms with E-state index in [0.717, 1.165) is 37.1 Å². The van der Waals surface area contributed by atoms with Crippen LogP contribution in [0.15, 0.2) is 12.1 Å². The van der Waals surface area contributed by atoms with E-state index in [9.17, 15) is 0 Å². The number of halogens is 1. The van der Waals surface area contributed by atoms with E-state index in [0.29, 0.717) is 5.15 Å². The fourth-order valence-corrected chi connectivity index (χ4v) is 1.49. The molecule has 1 rings (SSSR count). The van der Waals surface area contributed by atoms with E-state index in [1.807, 2.05) is 19.1 Å². The van der Waals surface area contributed by atoms with E-state index < -0.39 is 0 Å². The highest BCUT2D eigenvalue weighted by atomic mass is 35.5. The van der Waals surface area contributed by atoms with Crippen LogP contribution in [0, 0.1) is 6.92 Å². The van der Waals surface area contributed by atoms with Gasteiger partial charge in [0.1, 0.15) is 5.15 Å². The molecule has 2 N–H and O–H groups in total. The van der Waals surface area contributed by atoms with Gasteiger partial charge in [0.25, 0.3) is 0 Å². The Morgan fingerprint density at radius 1 is 1.38 bits per heavy atom. The van der Waals surface area contributed by atoms with Crippen LogP contribution in [0.2, 0.25) is 5.15 Å². The zero-order chi connectivity index (χ0) is 9.68. The van der Waals surface area contributed by atoms with Crippen molar-refractivity contribution in [3.8, 4) is 0 Å². The number of nitrogens with zero attached hydrogens (tertiary/aromatic N) is 1. The van der Waals surface area contributed by atoms with Gasteiger partial charge in [-0.1, -0.05) is 17.7 Å². The van der Waals surface area contributed by atoms with Crippen molar-refractivity contribution < 1.29 is 0 Å². The molecule has 0 amide bonds. The van der Waals surface area contributed by atoms with Crippen molar-refractivity contribution in [3.05, 3.63) is 28.5 Å². The number of unbranched alkanes of at least 4 members (excludes halogenated alkanes) is 1. The van der Waals surface area contributed by atoms with Crippen molar-refractivity contribution in [3.63, 3.8) is 0 Å². The van der Waals surface area contributed by atoms with Gasteiger partial charge < -0.3 is 5.73 Å². The Balaban J connectivity index is 2.56. The van der Waals surface area contributed by atoms with Gasteiger partial charge in [-0.25, -0.2) is 4.98 Å². The highest BCUT2D eigenvalue weighted by Crippen LogP contribution is 2.15. The SMILES string of the molecule is Cc1ccc(CCCCN)c(Cl)n1. The molecule has 0 saturated heterocycles. The smallest absolute Gasteiger partial charge is 0.132 e. The van der Waals surface area contributed by atoms with Crippen LogP contribution in [-0.2, 0) is 6.42 Å². The minimum Gasteiger partial charge on any atom is -0.330 e. The summed E-state index contributed by atoms with van der Waals surface area (Å²) < 4.78 is 0. The minimum absolute atomic E-state index is 0.636. The van der Waals surface area contributed by atoms with Crippen LogP contribution in [0.4, 0.5) is 0 Å². The summed E-state index contributed by atoms with van der Waals surface area (Å²) in [6.45, 7) is 2.69. The number of hydrogen-bond acceptors (Lipinski definition) is 2. The minimum atomic E-state index is 0.636. The fraction of sp³-hybridized carbons (Fsp3) is 0.500. The van der Waals surface area contributed by atoms with Crippen molar-refractivity contribution in [1.82, 2.24) is 4.98 Å². The standard InChI is InChI=1S/C10H15ClN2/c1-8-5-6-9(10(11)13-8)4-2-3-7-12/h5-6H,2-4,7,12H2,1H3. The molecule has 0 aliphatic heterocycles. The largest absolute Gasteiger partial charge is 0.330 e. The molecule has 1 heterocycles. The number of pyridine rings is 1.